The van der Waals surface area contributed by atoms with Crippen molar-refractivity contribution in [2.45, 2.75) is 0 Å². The topological polar surface area (TPSA) is 54.4 Å². The summed E-state index contributed by atoms with van der Waals surface area (Å²) < 4.78 is 26.0. The third kappa shape index (κ3) is 3.61. The number of aromatic hydroxyl groups is 1. The molecule has 3 aromatic rings. The molecule has 0 unspecified atom stereocenters. The third-order valence-corrected chi connectivity index (χ3v) is 3.65. The first-order valence-corrected chi connectivity index (χ1v) is 7.38. The van der Waals surface area contributed by atoms with Crippen LogP contribution in [0.5, 0.6) is 5.75 Å². The number of ketones is 2. The van der Waals surface area contributed by atoms with E-state index in [0.717, 1.165) is 24.3 Å². The van der Waals surface area contributed by atoms with Crippen LogP contribution in [0.2, 0.25) is 0 Å². The number of rotatable bonds is 4. The quantitative estimate of drug-likeness (QED) is 0.728. The zero-order chi connectivity index (χ0) is 18.0. The molecule has 0 amide bonds. The summed E-state index contributed by atoms with van der Waals surface area (Å²) in [4.78, 5) is 24.9. The Labute approximate surface area is 142 Å². The van der Waals surface area contributed by atoms with E-state index in [1.54, 1.807) is 0 Å². The van der Waals surface area contributed by atoms with Gasteiger partial charge in [0, 0.05) is 22.3 Å². The Hall–Kier alpha value is -3.34. The highest BCUT2D eigenvalue weighted by Crippen LogP contribution is 2.21. The lowest BCUT2D eigenvalue weighted by Gasteiger charge is -2.07. The summed E-state index contributed by atoms with van der Waals surface area (Å²) in [6.45, 7) is 0. The van der Waals surface area contributed by atoms with Gasteiger partial charge in [0.2, 0.25) is 0 Å². The van der Waals surface area contributed by atoms with Gasteiger partial charge in [-0.15, -0.1) is 0 Å². The molecule has 0 saturated carbocycles. The molecule has 0 aliphatic rings. The second kappa shape index (κ2) is 6.65. The van der Waals surface area contributed by atoms with E-state index in [2.05, 4.69) is 0 Å². The Morgan fingerprint density at radius 1 is 0.600 bits per heavy atom. The minimum atomic E-state index is -0.473. The smallest absolute Gasteiger partial charge is 0.193 e. The highest BCUT2D eigenvalue weighted by molar-refractivity contribution is 6.13. The molecule has 0 spiro atoms. The normalized spacial score (nSPS) is 10.5. The van der Waals surface area contributed by atoms with Crippen LogP contribution in [0.15, 0.2) is 66.7 Å². The van der Waals surface area contributed by atoms with Crippen LogP contribution < -0.4 is 0 Å². The van der Waals surface area contributed by atoms with Crippen LogP contribution >= 0.6 is 0 Å². The Balaban J connectivity index is 1.97. The van der Waals surface area contributed by atoms with E-state index in [1.807, 2.05) is 0 Å². The summed E-state index contributed by atoms with van der Waals surface area (Å²) >= 11 is 0. The summed E-state index contributed by atoms with van der Waals surface area (Å²) in [6, 6.07) is 13.7. The average Bonchev–Trinajstić information content (AvgIpc) is 2.61. The van der Waals surface area contributed by atoms with Crippen LogP contribution in [-0.4, -0.2) is 16.7 Å². The Kier molecular flexibility index (Phi) is 4.39. The SMILES string of the molecule is O=C(c1ccc(F)cc1)c1cc(O)cc(C(=O)c2ccc(F)cc2)c1. The number of hydrogen-bond acceptors (Lipinski definition) is 3. The Morgan fingerprint density at radius 2 is 0.960 bits per heavy atom. The van der Waals surface area contributed by atoms with Crippen molar-refractivity contribution in [2.24, 2.45) is 0 Å². The number of hydrogen-bond donors (Lipinski definition) is 1. The molecule has 3 nitrogen and oxygen atoms in total. The van der Waals surface area contributed by atoms with Crippen molar-refractivity contribution in [2.75, 3.05) is 0 Å². The summed E-state index contributed by atoms with van der Waals surface area (Å²) in [5.41, 5.74) is 0.647. The van der Waals surface area contributed by atoms with E-state index >= 15 is 0 Å². The van der Waals surface area contributed by atoms with Crippen LogP contribution in [0.1, 0.15) is 31.8 Å². The summed E-state index contributed by atoms with van der Waals surface area (Å²) in [5, 5.41) is 9.85. The zero-order valence-electron chi connectivity index (χ0n) is 12.9. The van der Waals surface area contributed by atoms with Gasteiger partial charge in [0.15, 0.2) is 11.6 Å². The average molecular weight is 338 g/mol. The van der Waals surface area contributed by atoms with Crippen molar-refractivity contribution in [1.29, 1.82) is 0 Å². The van der Waals surface area contributed by atoms with Crippen LogP contribution in [0.25, 0.3) is 0 Å². The molecule has 0 bridgehead atoms. The van der Waals surface area contributed by atoms with Crippen molar-refractivity contribution in [3.05, 3.63) is 101 Å². The van der Waals surface area contributed by atoms with E-state index in [9.17, 15) is 23.5 Å². The zero-order valence-corrected chi connectivity index (χ0v) is 12.9. The molecule has 0 fully saturated rings. The second-order valence-corrected chi connectivity index (χ2v) is 5.44. The molecule has 0 saturated heterocycles. The molecule has 0 aromatic heterocycles. The van der Waals surface area contributed by atoms with E-state index in [-0.39, 0.29) is 28.0 Å². The molecule has 3 aromatic carbocycles. The van der Waals surface area contributed by atoms with Gasteiger partial charge in [0.25, 0.3) is 0 Å². The van der Waals surface area contributed by atoms with Crippen molar-refractivity contribution in [3.63, 3.8) is 0 Å². The fourth-order valence-corrected chi connectivity index (χ4v) is 2.41. The standard InChI is InChI=1S/C20H12F2O3/c21-16-5-1-12(2-6-16)19(24)14-9-15(11-18(23)10-14)20(25)13-3-7-17(22)8-4-13/h1-11,23H. The van der Waals surface area contributed by atoms with E-state index in [4.69, 9.17) is 0 Å². The number of carbonyl (C=O) groups excluding carboxylic acids is 2. The molecule has 0 atom stereocenters. The van der Waals surface area contributed by atoms with Crippen molar-refractivity contribution in [1.82, 2.24) is 0 Å². The van der Waals surface area contributed by atoms with Crippen LogP contribution in [0.3, 0.4) is 0 Å². The van der Waals surface area contributed by atoms with Gasteiger partial charge in [-0.25, -0.2) is 8.78 Å². The first-order valence-electron chi connectivity index (χ1n) is 7.38. The minimum Gasteiger partial charge on any atom is -0.508 e. The first-order chi connectivity index (χ1) is 11.9. The van der Waals surface area contributed by atoms with Gasteiger partial charge in [-0.3, -0.25) is 9.59 Å². The maximum atomic E-state index is 13.0. The fourth-order valence-electron chi connectivity index (χ4n) is 2.41. The lowest BCUT2D eigenvalue weighted by atomic mass is 9.97. The van der Waals surface area contributed by atoms with Crippen LogP contribution in [0, 0.1) is 11.6 Å². The molecule has 124 valence electrons. The highest BCUT2D eigenvalue weighted by atomic mass is 19.1. The van der Waals surface area contributed by atoms with Gasteiger partial charge in [-0.2, -0.15) is 0 Å². The molecular formula is C20H12F2O3. The summed E-state index contributed by atoms with van der Waals surface area (Å²) in [7, 11) is 0. The number of carbonyl (C=O) groups is 2. The van der Waals surface area contributed by atoms with Crippen molar-refractivity contribution >= 4 is 11.6 Å². The summed E-state index contributed by atoms with van der Waals surface area (Å²) in [6.07, 6.45) is 0. The predicted molar refractivity (Wildman–Crippen MR) is 87.8 cm³/mol. The third-order valence-electron chi connectivity index (χ3n) is 3.65. The minimum absolute atomic E-state index is 0.0945. The predicted octanol–water partition coefficient (Wildman–Crippen LogP) is 4.13. The van der Waals surface area contributed by atoms with Crippen LogP contribution in [-0.2, 0) is 0 Å². The Morgan fingerprint density at radius 3 is 1.32 bits per heavy atom. The van der Waals surface area contributed by atoms with Crippen molar-refractivity contribution < 1.29 is 23.5 Å². The molecule has 1 N–H and O–H groups in total. The Bertz CT molecular complexity index is 870. The van der Waals surface area contributed by atoms with Gasteiger partial charge in [0.05, 0.1) is 0 Å². The molecule has 3 rings (SSSR count). The largest absolute Gasteiger partial charge is 0.508 e. The van der Waals surface area contributed by atoms with E-state index in [0.29, 0.717) is 0 Å². The molecular weight excluding hydrogens is 326 g/mol. The molecule has 0 aliphatic heterocycles. The molecule has 5 heteroatoms. The number of phenolic OH excluding ortho intramolecular Hbond substituents is 1. The number of phenols is 1. The number of benzene rings is 3. The van der Waals surface area contributed by atoms with E-state index in [1.165, 1.54) is 42.5 Å². The lowest BCUT2D eigenvalue weighted by Crippen LogP contribution is -2.06. The van der Waals surface area contributed by atoms with Crippen molar-refractivity contribution in [3.8, 4) is 5.75 Å². The summed E-state index contributed by atoms with van der Waals surface area (Å²) in [5.74, 6) is -2.11. The lowest BCUT2D eigenvalue weighted by molar-refractivity contribution is 0.103. The first kappa shape index (κ1) is 16.5. The fraction of sp³-hybridized carbons (Fsp3) is 0. The highest BCUT2D eigenvalue weighted by Gasteiger charge is 2.16. The van der Waals surface area contributed by atoms with Crippen LogP contribution in [0.4, 0.5) is 8.78 Å². The van der Waals surface area contributed by atoms with Gasteiger partial charge < -0.3 is 5.11 Å². The van der Waals surface area contributed by atoms with Gasteiger partial charge in [-0.05, 0) is 66.7 Å². The maximum Gasteiger partial charge on any atom is 0.193 e. The molecule has 0 radical (unpaired) electrons. The van der Waals surface area contributed by atoms with Gasteiger partial charge >= 0.3 is 0 Å². The molecule has 0 aliphatic carbocycles. The molecule has 25 heavy (non-hydrogen) atoms. The maximum absolute atomic E-state index is 13.0. The monoisotopic (exact) mass is 338 g/mol. The molecule has 0 heterocycles. The number of halogens is 2. The second-order valence-electron chi connectivity index (χ2n) is 5.44. The van der Waals surface area contributed by atoms with Gasteiger partial charge in [-0.1, -0.05) is 0 Å². The van der Waals surface area contributed by atoms with Gasteiger partial charge in [0.1, 0.15) is 17.4 Å². The van der Waals surface area contributed by atoms with E-state index < -0.39 is 23.2 Å².